The third kappa shape index (κ3) is 1.31. The molecular formula is C8H10ClN. The Bertz CT molecular complexity index is 191. The highest BCUT2D eigenvalue weighted by molar-refractivity contribution is 6.25. The van der Waals surface area contributed by atoms with E-state index in [2.05, 4.69) is 6.58 Å². The number of alkyl halides is 1. The Balaban J connectivity index is 2.84. The van der Waals surface area contributed by atoms with Crippen molar-refractivity contribution in [3.05, 3.63) is 37.0 Å². The summed E-state index contributed by atoms with van der Waals surface area (Å²) in [5.41, 5.74) is 5.69. The van der Waals surface area contributed by atoms with E-state index in [1.54, 1.807) is 12.2 Å². The molecule has 0 aromatic rings. The monoisotopic (exact) mass is 155 g/mol. The van der Waals surface area contributed by atoms with E-state index in [-0.39, 0.29) is 5.92 Å². The van der Waals surface area contributed by atoms with Gasteiger partial charge in [0.15, 0.2) is 0 Å². The van der Waals surface area contributed by atoms with Gasteiger partial charge in [-0.15, -0.1) is 6.58 Å². The summed E-state index contributed by atoms with van der Waals surface area (Å²) in [6.45, 7) is 3.63. The van der Waals surface area contributed by atoms with Crippen LogP contribution in [0.2, 0.25) is 0 Å². The molecule has 2 heteroatoms. The van der Waals surface area contributed by atoms with Gasteiger partial charge in [0.1, 0.15) is 5.00 Å². The first-order chi connectivity index (χ1) is 4.67. The van der Waals surface area contributed by atoms with Crippen molar-refractivity contribution in [1.29, 1.82) is 0 Å². The fraction of sp³-hybridized carbons (Fsp3) is 0.250. The Morgan fingerprint density at radius 2 is 2.30 bits per heavy atom. The lowest BCUT2D eigenvalue weighted by Gasteiger charge is -2.25. The third-order valence-corrected chi connectivity index (χ3v) is 1.92. The molecule has 0 amide bonds. The molecule has 0 bridgehead atoms. The van der Waals surface area contributed by atoms with Gasteiger partial charge in [0.25, 0.3) is 0 Å². The molecule has 0 aromatic heterocycles. The fourth-order valence-corrected chi connectivity index (χ4v) is 1.14. The average Bonchev–Trinajstić information content (AvgIpc) is 1.87. The normalized spacial score (nSPS) is 38.0. The molecule has 1 rings (SSSR count). The van der Waals surface area contributed by atoms with Crippen LogP contribution in [-0.4, -0.2) is 5.00 Å². The lowest BCUT2D eigenvalue weighted by atomic mass is 9.95. The Kier molecular flexibility index (Phi) is 1.97. The minimum atomic E-state index is -0.767. The Morgan fingerprint density at radius 1 is 1.60 bits per heavy atom. The van der Waals surface area contributed by atoms with Crippen molar-refractivity contribution >= 4 is 11.6 Å². The Hall–Kier alpha value is -0.530. The molecule has 1 aliphatic carbocycles. The maximum absolute atomic E-state index is 5.91. The second-order valence-corrected chi connectivity index (χ2v) is 2.99. The van der Waals surface area contributed by atoms with Crippen molar-refractivity contribution < 1.29 is 0 Å². The highest BCUT2D eigenvalue weighted by atomic mass is 35.5. The van der Waals surface area contributed by atoms with E-state index in [4.69, 9.17) is 17.3 Å². The quantitative estimate of drug-likeness (QED) is 0.349. The van der Waals surface area contributed by atoms with Gasteiger partial charge in [0.2, 0.25) is 0 Å². The van der Waals surface area contributed by atoms with Gasteiger partial charge in [0.05, 0.1) is 0 Å². The zero-order chi connectivity index (χ0) is 7.61. The van der Waals surface area contributed by atoms with E-state index in [1.165, 1.54) is 0 Å². The number of allylic oxidation sites excluding steroid dienone is 2. The predicted molar refractivity (Wildman–Crippen MR) is 44.7 cm³/mol. The highest BCUT2D eigenvalue weighted by Gasteiger charge is 2.26. The third-order valence-electron chi connectivity index (χ3n) is 1.55. The number of hydrogen-bond acceptors (Lipinski definition) is 1. The van der Waals surface area contributed by atoms with E-state index in [0.717, 1.165) is 0 Å². The molecule has 0 spiro atoms. The maximum atomic E-state index is 5.91. The molecular weight excluding hydrogens is 146 g/mol. The molecule has 1 unspecified atom stereocenters. The zero-order valence-corrected chi connectivity index (χ0v) is 6.38. The van der Waals surface area contributed by atoms with Crippen LogP contribution in [0, 0.1) is 5.92 Å². The molecule has 2 atom stereocenters. The molecule has 1 aliphatic rings. The first-order valence-electron chi connectivity index (χ1n) is 3.13. The minimum absolute atomic E-state index is 0.0409. The van der Waals surface area contributed by atoms with Gasteiger partial charge in [-0.25, -0.2) is 0 Å². The van der Waals surface area contributed by atoms with Crippen LogP contribution in [0.4, 0.5) is 0 Å². The smallest absolute Gasteiger partial charge is 0.120 e. The molecule has 10 heavy (non-hydrogen) atoms. The summed E-state index contributed by atoms with van der Waals surface area (Å²) in [4.78, 5) is -0.767. The minimum Gasteiger partial charge on any atom is -0.309 e. The van der Waals surface area contributed by atoms with Crippen LogP contribution in [-0.2, 0) is 0 Å². The number of hydrogen-bond donors (Lipinski definition) is 1. The molecule has 0 radical (unpaired) electrons. The van der Waals surface area contributed by atoms with Gasteiger partial charge in [-0.1, -0.05) is 35.9 Å². The SMILES string of the molecule is C=C[C@@H]1C=CC=CC1(N)Cl. The van der Waals surface area contributed by atoms with Crippen molar-refractivity contribution in [2.24, 2.45) is 11.7 Å². The Labute approximate surface area is 65.9 Å². The van der Waals surface area contributed by atoms with Crippen LogP contribution in [0.15, 0.2) is 37.0 Å². The summed E-state index contributed by atoms with van der Waals surface area (Å²) < 4.78 is 0. The van der Waals surface area contributed by atoms with E-state index in [0.29, 0.717) is 0 Å². The van der Waals surface area contributed by atoms with Gasteiger partial charge >= 0.3 is 0 Å². The summed E-state index contributed by atoms with van der Waals surface area (Å²) in [5, 5.41) is 0. The van der Waals surface area contributed by atoms with Gasteiger partial charge < -0.3 is 5.73 Å². The molecule has 0 fully saturated rings. The topological polar surface area (TPSA) is 26.0 Å². The van der Waals surface area contributed by atoms with Crippen LogP contribution in [0.3, 0.4) is 0 Å². The molecule has 0 aliphatic heterocycles. The second kappa shape index (κ2) is 2.60. The molecule has 54 valence electrons. The summed E-state index contributed by atoms with van der Waals surface area (Å²) in [6.07, 6.45) is 9.20. The van der Waals surface area contributed by atoms with Gasteiger partial charge in [0, 0.05) is 5.92 Å². The van der Waals surface area contributed by atoms with Crippen LogP contribution < -0.4 is 5.73 Å². The molecule has 0 heterocycles. The first kappa shape index (κ1) is 7.58. The van der Waals surface area contributed by atoms with Crippen LogP contribution in [0.1, 0.15) is 0 Å². The van der Waals surface area contributed by atoms with E-state index in [1.807, 2.05) is 18.2 Å². The number of halogens is 1. The summed E-state index contributed by atoms with van der Waals surface area (Å²) in [7, 11) is 0. The maximum Gasteiger partial charge on any atom is 0.120 e. The van der Waals surface area contributed by atoms with Gasteiger partial charge in [-0.3, -0.25) is 0 Å². The average molecular weight is 156 g/mol. The lowest BCUT2D eigenvalue weighted by molar-refractivity contribution is 0.618. The van der Waals surface area contributed by atoms with Gasteiger partial charge in [-0.05, 0) is 6.08 Å². The van der Waals surface area contributed by atoms with Crippen molar-refractivity contribution in [3.63, 3.8) is 0 Å². The standard InChI is InChI=1S/C8H10ClN/c1-2-7-5-3-4-6-8(7,9)10/h2-7H,1,10H2/t7-,8?/m1/s1. The largest absolute Gasteiger partial charge is 0.309 e. The number of nitrogens with two attached hydrogens (primary N) is 1. The fourth-order valence-electron chi connectivity index (χ4n) is 0.905. The zero-order valence-electron chi connectivity index (χ0n) is 5.63. The van der Waals surface area contributed by atoms with Crippen molar-refractivity contribution in [1.82, 2.24) is 0 Å². The number of rotatable bonds is 1. The second-order valence-electron chi connectivity index (χ2n) is 2.33. The first-order valence-corrected chi connectivity index (χ1v) is 3.51. The summed E-state index contributed by atoms with van der Waals surface area (Å²) in [5.74, 6) is 0.0409. The van der Waals surface area contributed by atoms with Gasteiger partial charge in [-0.2, -0.15) is 0 Å². The molecule has 0 saturated heterocycles. The van der Waals surface area contributed by atoms with Crippen molar-refractivity contribution in [2.75, 3.05) is 0 Å². The van der Waals surface area contributed by atoms with Crippen molar-refractivity contribution in [3.8, 4) is 0 Å². The summed E-state index contributed by atoms with van der Waals surface area (Å²) in [6, 6.07) is 0. The molecule has 1 nitrogen and oxygen atoms in total. The van der Waals surface area contributed by atoms with Crippen LogP contribution in [0.25, 0.3) is 0 Å². The molecule has 0 aromatic carbocycles. The molecule has 2 N–H and O–H groups in total. The van der Waals surface area contributed by atoms with Crippen LogP contribution in [0.5, 0.6) is 0 Å². The lowest BCUT2D eigenvalue weighted by Crippen LogP contribution is -2.38. The molecule has 0 saturated carbocycles. The van der Waals surface area contributed by atoms with E-state index < -0.39 is 5.00 Å². The highest BCUT2D eigenvalue weighted by Crippen LogP contribution is 2.26. The Morgan fingerprint density at radius 3 is 2.70 bits per heavy atom. The predicted octanol–water partition coefficient (Wildman–Crippen LogP) is 1.81. The van der Waals surface area contributed by atoms with Crippen molar-refractivity contribution in [2.45, 2.75) is 5.00 Å². The van der Waals surface area contributed by atoms with E-state index in [9.17, 15) is 0 Å². The van der Waals surface area contributed by atoms with Crippen LogP contribution >= 0.6 is 11.6 Å². The van der Waals surface area contributed by atoms with E-state index >= 15 is 0 Å². The summed E-state index contributed by atoms with van der Waals surface area (Å²) >= 11 is 5.91.